The van der Waals surface area contributed by atoms with Gasteiger partial charge in [-0.2, -0.15) is 0 Å². The van der Waals surface area contributed by atoms with E-state index in [2.05, 4.69) is 5.32 Å². The second-order valence-corrected chi connectivity index (χ2v) is 7.20. The van der Waals surface area contributed by atoms with Gasteiger partial charge in [0.15, 0.2) is 0 Å². The predicted octanol–water partition coefficient (Wildman–Crippen LogP) is 1.94. The third kappa shape index (κ3) is 5.84. The van der Waals surface area contributed by atoms with Crippen molar-refractivity contribution in [3.05, 3.63) is 30.3 Å². The number of rotatable bonds is 6. The molecule has 0 radical (unpaired) electrons. The lowest BCUT2D eigenvalue weighted by Crippen LogP contribution is -2.58. The van der Waals surface area contributed by atoms with Crippen LogP contribution in [0.5, 0.6) is 5.75 Å². The van der Waals surface area contributed by atoms with Crippen LogP contribution in [0.25, 0.3) is 0 Å². The Kier molecular flexibility index (Phi) is 8.38. The molecule has 2 amide bonds. The Morgan fingerprint density at radius 2 is 2.07 bits per heavy atom. The maximum Gasteiger partial charge on any atom is 0.236 e. The first-order valence-electron chi connectivity index (χ1n) is 9.62. The second kappa shape index (κ2) is 10.5. The van der Waals surface area contributed by atoms with Gasteiger partial charge >= 0.3 is 0 Å². The van der Waals surface area contributed by atoms with E-state index in [9.17, 15) is 9.59 Å². The van der Waals surface area contributed by atoms with Crippen molar-refractivity contribution in [2.75, 3.05) is 39.3 Å². The maximum atomic E-state index is 12.8. The number of amides is 2. The zero-order valence-electron chi connectivity index (χ0n) is 15.9. The van der Waals surface area contributed by atoms with Crippen LogP contribution in [0.1, 0.15) is 26.2 Å². The summed E-state index contributed by atoms with van der Waals surface area (Å²) >= 11 is 0. The molecule has 2 heterocycles. The minimum absolute atomic E-state index is 0. The van der Waals surface area contributed by atoms with Crippen LogP contribution in [0, 0.1) is 5.92 Å². The largest absolute Gasteiger partial charge is 0.494 e. The van der Waals surface area contributed by atoms with E-state index in [0.29, 0.717) is 26.1 Å². The van der Waals surface area contributed by atoms with Gasteiger partial charge in [0.05, 0.1) is 13.2 Å². The summed E-state index contributed by atoms with van der Waals surface area (Å²) in [6.07, 6.45) is 2.64. The van der Waals surface area contributed by atoms with Crippen molar-refractivity contribution in [1.29, 1.82) is 0 Å². The van der Waals surface area contributed by atoms with Gasteiger partial charge in [-0.25, -0.2) is 0 Å². The van der Waals surface area contributed by atoms with Crippen LogP contribution in [0.2, 0.25) is 0 Å². The highest BCUT2D eigenvalue weighted by molar-refractivity contribution is 5.85. The molecule has 2 fully saturated rings. The van der Waals surface area contributed by atoms with Crippen LogP contribution in [-0.2, 0) is 9.59 Å². The summed E-state index contributed by atoms with van der Waals surface area (Å²) in [6.45, 7) is 5.95. The summed E-state index contributed by atoms with van der Waals surface area (Å²) in [5.74, 6) is 1.09. The fourth-order valence-electron chi connectivity index (χ4n) is 3.72. The molecule has 0 spiro atoms. The molecule has 0 saturated carbocycles. The monoisotopic (exact) mass is 395 g/mol. The van der Waals surface area contributed by atoms with Gasteiger partial charge < -0.3 is 19.9 Å². The second-order valence-electron chi connectivity index (χ2n) is 7.20. The standard InChI is InChI=1S/C20H29N3O3.ClH/c1-16(9-13-26-18-7-3-2-4-8-18)20(25)22-11-5-6-17(15-22)23-12-10-21-14-19(23)24;/h2-4,7-8,16-17,21H,5-6,9-15H2,1H3;1H. The predicted molar refractivity (Wildman–Crippen MR) is 107 cm³/mol. The van der Waals surface area contributed by atoms with Crippen LogP contribution in [-0.4, -0.2) is 67.0 Å². The Balaban J connectivity index is 0.00000261. The lowest BCUT2D eigenvalue weighted by Gasteiger charge is -2.41. The third-order valence-corrected chi connectivity index (χ3v) is 5.26. The Bertz CT molecular complexity index is 614. The number of hydrogen-bond donors (Lipinski definition) is 1. The van der Waals surface area contributed by atoms with Crippen LogP contribution in [0.15, 0.2) is 30.3 Å². The smallest absolute Gasteiger partial charge is 0.236 e. The molecule has 6 nitrogen and oxygen atoms in total. The summed E-state index contributed by atoms with van der Waals surface area (Å²) in [7, 11) is 0. The molecule has 150 valence electrons. The van der Waals surface area contributed by atoms with Gasteiger partial charge in [-0.05, 0) is 31.4 Å². The van der Waals surface area contributed by atoms with Gasteiger partial charge in [-0.1, -0.05) is 25.1 Å². The zero-order chi connectivity index (χ0) is 18.4. The molecular formula is C20H30ClN3O3. The minimum Gasteiger partial charge on any atom is -0.494 e. The van der Waals surface area contributed by atoms with E-state index in [-0.39, 0.29) is 36.2 Å². The van der Waals surface area contributed by atoms with Gasteiger partial charge in [0, 0.05) is 38.1 Å². The number of carbonyl (C=O) groups is 2. The fourth-order valence-corrected chi connectivity index (χ4v) is 3.72. The average Bonchev–Trinajstić information content (AvgIpc) is 2.68. The molecular weight excluding hydrogens is 366 g/mol. The number of nitrogens with zero attached hydrogens (tertiary/aromatic N) is 2. The topological polar surface area (TPSA) is 61.9 Å². The molecule has 0 aliphatic carbocycles. The molecule has 1 N–H and O–H groups in total. The van der Waals surface area contributed by atoms with E-state index < -0.39 is 0 Å². The number of piperazine rings is 1. The summed E-state index contributed by atoms with van der Waals surface area (Å²) in [5, 5.41) is 3.11. The first kappa shape index (κ1) is 21.5. The van der Waals surface area contributed by atoms with Crippen LogP contribution in [0.4, 0.5) is 0 Å². The highest BCUT2D eigenvalue weighted by Crippen LogP contribution is 2.20. The molecule has 27 heavy (non-hydrogen) atoms. The maximum absolute atomic E-state index is 12.8. The van der Waals surface area contributed by atoms with Gasteiger partial charge in [-0.15, -0.1) is 12.4 Å². The van der Waals surface area contributed by atoms with Gasteiger partial charge in [-0.3, -0.25) is 9.59 Å². The van der Waals surface area contributed by atoms with Crippen molar-refractivity contribution < 1.29 is 14.3 Å². The third-order valence-electron chi connectivity index (χ3n) is 5.26. The normalized spacial score (nSPS) is 21.4. The summed E-state index contributed by atoms with van der Waals surface area (Å²) < 4.78 is 5.71. The summed E-state index contributed by atoms with van der Waals surface area (Å²) in [5.41, 5.74) is 0. The van der Waals surface area contributed by atoms with E-state index in [1.165, 1.54) is 0 Å². The van der Waals surface area contributed by atoms with Crippen molar-refractivity contribution >= 4 is 24.2 Å². The lowest BCUT2D eigenvalue weighted by atomic mass is 10.00. The van der Waals surface area contributed by atoms with Gasteiger partial charge in [0.2, 0.25) is 11.8 Å². The Morgan fingerprint density at radius 1 is 1.30 bits per heavy atom. The molecule has 1 aromatic rings. The van der Waals surface area contributed by atoms with Crippen molar-refractivity contribution in [3.63, 3.8) is 0 Å². The summed E-state index contributed by atoms with van der Waals surface area (Å²) in [4.78, 5) is 28.8. The number of ether oxygens (including phenoxy) is 1. The van der Waals surface area contributed by atoms with Crippen molar-refractivity contribution in [2.45, 2.75) is 32.2 Å². The molecule has 2 aliphatic rings. The van der Waals surface area contributed by atoms with Crippen LogP contribution < -0.4 is 10.1 Å². The number of hydrogen-bond acceptors (Lipinski definition) is 4. The van der Waals surface area contributed by atoms with Crippen LogP contribution >= 0.6 is 12.4 Å². The first-order valence-corrected chi connectivity index (χ1v) is 9.62. The molecule has 1 aromatic carbocycles. The molecule has 2 atom stereocenters. The minimum atomic E-state index is -0.0730. The Labute approximate surface area is 167 Å². The Hall–Kier alpha value is -1.79. The molecule has 0 bridgehead atoms. The number of benzene rings is 1. The molecule has 2 aliphatic heterocycles. The molecule has 0 aromatic heterocycles. The van der Waals surface area contributed by atoms with Gasteiger partial charge in [0.25, 0.3) is 0 Å². The van der Waals surface area contributed by atoms with E-state index >= 15 is 0 Å². The number of piperidine rings is 1. The molecule has 2 unspecified atom stereocenters. The SMILES string of the molecule is CC(CCOc1ccccc1)C(=O)N1CCCC(N2CCNCC2=O)C1.Cl. The number of halogens is 1. The van der Waals surface area contributed by atoms with Crippen LogP contribution in [0.3, 0.4) is 0 Å². The number of likely N-dealkylation sites (tertiary alicyclic amines) is 1. The van der Waals surface area contributed by atoms with E-state index in [1.54, 1.807) is 0 Å². The van der Waals surface area contributed by atoms with E-state index in [1.807, 2.05) is 47.1 Å². The lowest BCUT2D eigenvalue weighted by molar-refractivity contribution is -0.142. The molecule has 2 saturated heterocycles. The van der Waals surface area contributed by atoms with Crippen molar-refractivity contribution in [3.8, 4) is 5.75 Å². The van der Waals surface area contributed by atoms with E-state index in [0.717, 1.165) is 38.2 Å². The molecule has 3 rings (SSSR count). The van der Waals surface area contributed by atoms with Crippen molar-refractivity contribution in [2.24, 2.45) is 5.92 Å². The number of para-hydroxylation sites is 1. The molecule has 7 heteroatoms. The first-order chi connectivity index (χ1) is 12.6. The highest BCUT2D eigenvalue weighted by Gasteiger charge is 2.32. The average molecular weight is 396 g/mol. The highest BCUT2D eigenvalue weighted by atomic mass is 35.5. The summed E-state index contributed by atoms with van der Waals surface area (Å²) in [6, 6.07) is 9.84. The quantitative estimate of drug-likeness (QED) is 0.799. The van der Waals surface area contributed by atoms with Crippen molar-refractivity contribution in [1.82, 2.24) is 15.1 Å². The number of nitrogens with one attached hydrogen (secondary N) is 1. The van der Waals surface area contributed by atoms with Gasteiger partial charge in [0.1, 0.15) is 5.75 Å². The number of carbonyl (C=O) groups excluding carboxylic acids is 2. The van der Waals surface area contributed by atoms with E-state index in [4.69, 9.17) is 4.74 Å². The fraction of sp³-hybridized carbons (Fsp3) is 0.600. The zero-order valence-corrected chi connectivity index (χ0v) is 16.7. The Morgan fingerprint density at radius 3 is 2.81 bits per heavy atom.